The lowest BCUT2D eigenvalue weighted by atomic mass is 9.97. The number of rotatable bonds is 6. The van der Waals surface area contributed by atoms with Gasteiger partial charge in [0.15, 0.2) is 0 Å². The second kappa shape index (κ2) is 6.89. The molecule has 0 aliphatic carbocycles. The third-order valence-electron chi connectivity index (χ3n) is 4.03. The number of pyridine rings is 1. The summed E-state index contributed by atoms with van der Waals surface area (Å²) in [5.74, 6) is 1.28. The van der Waals surface area contributed by atoms with Crippen molar-refractivity contribution in [2.24, 2.45) is 13.0 Å². The smallest absolute Gasteiger partial charge is 0.141 e. The molecular weight excluding hydrogens is 280 g/mol. The molecule has 1 fully saturated rings. The van der Waals surface area contributed by atoms with Crippen LogP contribution in [0.1, 0.15) is 23.8 Å². The van der Waals surface area contributed by atoms with Crippen LogP contribution in [0.3, 0.4) is 0 Å². The molecule has 1 aliphatic heterocycles. The van der Waals surface area contributed by atoms with Gasteiger partial charge in [0.25, 0.3) is 0 Å². The molecule has 0 unspecified atom stereocenters. The van der Waals surface area contributed by atoms with Gasteiger partial charge >= 0.3 is 0 Å². The van der Waals surface area contributed by atoms with Crippen molar-refractivity contribution >= 4 is 0 Å². The summed E-state index contributed by atoms with van der Waals surface area (Å²) in [4.78, 5) is 4.36. The molecule has 2 atom stereocenters. The molecule has 0 amide bonds. The third kappa shape index (κ3) is 3.28. The van der Waals surface area contributed by atoms with Gasteiger partial charge in [0.1, 0.15) is 5.75 Å². The number of methoxy groups -OCH3 is 1. The van der Waals surface area contributed by atoms with Crippen molar-refractivity contribution in [3.63, 3.8) is 0 Å². The van der Waals surface area contributed by atoms with Gasteiger partial charge in [0, 0.05) is 50.6 Å². The van der Waals surface area contributed by atoms with Crippen LogP contribution in [0.15, 0.2) is 30.7 Å². The van der Waals surface area contributed by atoms with Crippen LogP contribution in [0.25, 0.3) is 0 Å². The van der Waals surface area contributed by atoms with Crippen molar-refractivity contribution in [1.82, 2.24) is 20.1 Å². The summed E-state index contributed by atoms with van der Waals surface area (Å²) in [5.41, 5.74) is 2.09. The number of aryl methyl sites for hydroxylation is 1. The summed E-state index contributed by atoms with van der Waals surface area (Å²) in [7, 11) is 3.60. The van der Waals surface area contributed by atoms with Crippen molar-refractivity contribution in [1.29, 1.82) is 0 Å². The normalized spacial score (nSPS) is 21.2. The van der Waals surface area contributed by atoms with Crippen LogP contribution in [0.4, 0.5) is 0 Å². The molecule has 0 spiro atoms. The number of ether oxygens (including phenoxy) is 2. The first-order valence-electron chi connectivity index (χ1n) is 7.56. The Hall–Kier alpha value is -1.92. The Morgan fingerprint density at radius 2 is 2.41 bits per heavy atom. The van der Waals surface area contributed by atoms with E-state index in [2.05, 4.69) is 15.4 Å². The molecule has 2 aromatic heterocycles. The number of hydrogen-bond donors (Lipinski definition) is 1. The molecule has 0 bridgehead atoms. The van der Waals surface area contributed by atoms with Crippen molar-refractivity contribution in [2.75, 3.05) is 20.3 Å². The van der Waals surface area contributed by atoms with E-state index in [1.807, 2.05) is 36.3 Å². The van der Waals surface area contributed by atoms with E-state index in [0.29, 0.717) is 12.5 Å². The molecule has 22 heavy (non-hydrogen) atoms. The molecule has 0 saturated carbocycles. The maximum atomic E-state index is 5.88. The maximum Gasteiger partial charge on any atom is 0.141 e. The molecule has 1 N–H and O–H groups in total. The zero-order valence-corrected chi connectivity index (χ0v) is 13.0. The van der Waals surface area contributed by atoms with Crippen molar-refractivity contribution in [2.45, 2.75) is 19.1 Å². The fourth-order valence-corrected chi connectivity index (χ4v) is 2.92. The van der Waals surface area contributed by atoms with Gasteiger partial charge in [0.2, 0.25) is 0 Å². The first-order chi connectivity index (χ1) is 10.8. The van der Waals surface area contributed by atoms with E-state index in [0.717, 1.165) is 36.6 Å². The number of nitrogens with zero attached hydrogens (tertiary/aromatic N) is 3. The third-order valence-corrected chi connectivity index (χ3v) is 4.03. The topological polar surface area (TPSA) is 61.2 Å². The Morgan fingerprint density at radius 1 is 1.50 bits per heavy atom. The molecule has 118 valence electrons. The van der Waals surface area contributed by atoms with E-state index in [-0.39, 0.29) is 6.10 Å². The van der Waals surface area contributed by atoms with Crippen molar-refractivity contribution < 1.29 is 9.47 Å². The lowest BCUT2D eigenvalue weighted by Gasteiger charge is -2.18. The fraction of sp³-hybridized carbons (Fsp3) is 0.500. The van der Waals surface area contributed by atoms with E-state index in [9.17, 15) is 0 Å². The Morgan fingerprint density at radius 3 is 3.18 bits per heavy atom. The van der Waals surface area contributed by atoms with Gasteiger partial charge in [-0.3, -0.25) is 9.67 Å². The van der Waals surface area contributed by atoms with Crippen LogP contribution in [0, 0.1) is 5.92 Å². The molecule has 3 rings (SSSR count). The predicted molar refractivity (Wildman–Crippen MR) is 82.5 cm³/mol. The number of hydrogen-bond acceptors (Lipinski definition) is 5. The SMILES string of the molecule is COc1cccnc1CNC[C@H]1CCO[C@@H]1c1cnn(C)c1. The summed E-state index contributed by atoms with van der Waals surface area (Å²) in [5, 5.41) is 7.71. The average Bonchev–Trinajstić information content (AvgIpc) is 3.16. The molecule has 2 aromatic rings. The Kier molecular flexibility index (Phi) is 4.70. The lowest BCUT2D eigenvalue weighted by Crippen LogP contribution is -2.25. The Labute approximate surface area is 130 Å². The summed E-state index contributed by atoms with van der Waals surface area (Å²) in [6.45, 7) is 2.39. The molecule has 1 saturated heterocycles. The Bertz CT molecular complexity index is 614. The van der Waals surface area contributed by atoms with Gasteiger partial charge in [-0.25, -0.2) is 0 Å². The van der Waals surface area contributed by atoms with Crippen LogP contribution in [-0.4, -0.2) is 35.0 Å². The summed E-state index contributed by atoms with van der Waals surface area (Å²) in [6.07, 6.45) is 6.91. The summed E-state index contributed by atoms with van der Waals surface area (Å²) in [6, 6.07) is 3.81. The van der Waals surface area contributed by atoms with E-state index in [1.54, 1.807) is 13.3 Å². The first kappa shape index (κ1) is 15.0. The standard InChI is InChI=1S/C16H22N4O2/c1-20-11-13(9-19-20)16-12(5-7-22-16)8-17-10-14-15(21-2)4-3-6-18-14/h3-4,6,9,11-12,16-17H,5,7-8,10H2,1-2H3/t12-,16+/m1/s1. The highest BCUT2D eigenvalue weighted by Crippen LogP contribution is 2.33. The monoisotopic (exact) mass is 302 g/mol. The first-order valence-corrected chi connectivity index (χ1v) is 7.56. The van der Waals surface area contributed by atoms with Gasteiger partial charge < -0.3 is 14.8 Å². The second-order valence-corrected chi connectivity index (χ2v) is 5.57. The van der Waals surface area contributed by atoms with Crippen molar-refractivity contribution in [3.05, 3.63) is 42.0 Å². The molecule has 0 radical (unpaired) electrons. The minimum atomic E-state index is 0.131. The molecule has 1 aliphatic rings. The van der Waals surface area contributed by atoms with Crippen LogP contribution in [-0.2, 0) is 18.3 Å². The highest BCUT2D eigenvalue weighted by Gasteiger charge is 2.30. The molecular formula is C16H22N4O2. The predicted octanol–water partition coefficient (Wildman–Crippen LogP) is 1.69. The van der Waals surface area contributed by atoms with E-state index < -0.39 is 0 Å². The zero-order chi connectivity index (χ0) is 15.4. The van der Waals surface area contributed by atoms with Gasteiger partial charge in [-0.2, -0.15) is 5.10 Å². The van der Waals surface area contributed by atoms with Crippen LogP contribution in [0.2, 0.25) is 0 Å². The molecule has 6 heteroatoms. The number of nitrogens with one attached hydrogen (secondary N) is 1. The van der Waals surface area contributed by atoms with Gasteiger partial charge in [-0.1, -0.05) is 0 Å². The Balaban J connectivity index is 1.56. The van der Waals surface area contributed by atoms with E-state index >= 15 is 0 Å². The highest BCUT2D eigenvalue weighted by atomic mass is 16.5. The second-order valence-electron chi connectivity index (χ2n) is 5.57. The van der Waals surface area contributed by atoms with E-state index in [1.165, 1.54) is 0 Å². The molecule has 0 aromatic carbocycles. The number of aromatic nitrogens is 3. The summed E-state index contributed by atoms with van der Waals surface area (Å²) < 4.78 is 13.0. The summed E-state index contributed by atoms with van der Waals surface area (Å²) >= 11 is 0. The minimum Gasteiger partial charge on any atom is -0.495 e. The van der Waals surface area contributed by atoms with Gasteiger partial charge in [-0.15, -0.1) is 0 Å². The maximum absolute atomic E-state index is 5.88. The van der Waals surface area contributed by atoms with E-state index in [4.69, 9.17) is 9.47 Å². The fourth-order valence-electron chi connectivity index (χ4n) is 2.92. The van der Waals surface area contributed by atoms with Crippen molar-refractivity contribution in [3.8, 4) is 5.75 Å². The van der Waals surface area contributed by atoms with Crippen LogP contribution < -0.4 is 10.1 Å². The lowest BCUT2D eigenvalue weighted by molar-refractivity contribution is 0.0903. The van der Waals surface area contributed by atoms with Crippen LogP contribution in [0.5, 0.6) is 5.75 Å². The largest absolute Gasteiger partial charge is 0.495 e. The average molecular weight is 302 g/mol. The quantitative estimate of drug-likeness (QED) is 0.880. The van der Waals surface area contributed by atoms with Crippen LogP contribution >= 0.6 is 0 Å². The minimum absolute atomic E-state index is 0.131. The highest BCUT2D eigenvalue weighted by molar-refractivity contribution is 5.26. The molecule has 3 heterocycles. The zero-order valence-electron chi connectivity index (χ0n) is 13.0. The van der Waals surface area contributed by atoms with Gasteiger partial charge in [0.05, 0.1) is 25.1 Å². The molecule has 6 nitrogen and oxygen atoms in total. The van der Waals surface area contributed by atoms with Gasteiger partial charge in [-0.05, 0) is 18.6 Å².